The average Bonchev–Trinajstić information content (AvgIpc) is 2.85. The number of hydrogen-bond donors (Lipinski definition) is 1. The molecule has 0 aliphatic heterocycles. The lowest BCUT2D eigenvalue weighted by Gasteiger charge is -2.04. The Hall–Kier alpha value is -1.29. The summed E-state index contributed by atoms with van der Waals surface area (Å²) in [5, 5.41) is 6.25. The maximum atomic E-state index is 5.27. The Morgan fingerprint density at radius 3 is 3.07 bits per heavy atom. The third kappa shape index (κ3) is 2.59. The van der Waals surface area contributed by atoms with E-state index in [1.54, 1.807) is 17.6 Å². The summed E-state index contributed by atoms with van der Waals surface area (Å²) in [5.74, 6) is 1.45. The highest BCUT2D eigenvalue weighted by Crippen LogP contribution is 2.24. The summed E-state index contributed by atoms with van der Waals surface area (Å²) >= 11 is 1.61. The molecule has 2 heterocycles. The quantitative estimate of drug-likeness (QED) is 0.860. The summed E-state index contributed by atoms with van der Waals surface area (Å²) in [6.45, 7) is 5.30. The molecule has 0 amide bonds. The monoisotopic (exact) mass is 222 g/mol. The van der Waals surface area contributed by atoms with E-state index in [1.807, 2.05) is 17.5 Å². The number of anilines is 1. The van der Waals surface area contributed by atoms with Gasteiger partial charge in [0.1, 0.15) is 5.69 Å². The molecule has 0 saturated carbocycles. The molecule has 4 heteroatoms. The number of nitrogens with one attached hydrogen (secondary N) is 1. The molecule has 15 heavy (non-hydrogen) atoms. The maximum absolute atomic E-state index is 5.27. The fourth-order valence-electron chi connectivity index (χ4n) is 1.18. The summed E-state index contributed by atoms with van der Waals surface area (Å²) in [6, 6.07) is 3.79. The van der Waals surface area contributed by atoms with E-state index in [9.17, 15) is 0 Å². The van der Waals surface area contributed by atoms with Gasteiger partial charge in [0.15, 0.2) is 10.9 Å². The van der Waals surface area contributed by atoms with Crippen LogP contribution in [0.15, 0.2) is 28.2 Å². The van der Waals surface area contributed by atoms with Crippen LogP contribution in [0.2, 0.25) is 0 Å². The van der Waals surface area contributed by atoms with E-state index in [1.165, 1.54) is 0 Å². The molecular weight excluding hydrogens is 208 g/mol. The van der Waals surface area contributed by atoms with Crippen LogP contribution in [0.5, 0.6) is 0 Å². The van der Waals surface area contributed by atoms with E-state index in [2.05, 4.69) is 24.1 Å². The van der Waals surface area contributed by atoms with Gasteiger partial charge in [0, 0.05) is 11.9 Å². The predicted octanol–water partition coefficient (Wildman–Crippen LogP) is 3.47. The van der Waals surface area contributed by atoms with Gasteiger partial charge < -0.3 is 9.73 Å². The van der Waals surface area contributed by atoms with E-state index in [0.717, 1.165) is 23.1 Å². The Kier molecular flexibility index (Phi) is 3.06. The van der Waals surface area contributed by atoms with Crippen molar-refractivity contribution < 1.29 is 4.42 Å². The van der Waals surface area contributed by atoms with Crippen LogP contribution in [-0.2, 0) is 0 Å². The predicted molar refractivity (Wildman–Crippen MR) is 63.1 cm³/mol. The second-order valence-electron chi connectivity index (χ2n) is 3.79. The normalized spacial score (nSPS) is 10.9. The van der Waals surface area contributed by atoms with Gasteiger partial charge in [0.2, 0.25) is 0 Å². The zero-order valence-corrected chi connectivity index (χ0v) is 9.67. The number of thiazole rings is 1. The SMILES string of the molecule is CC(C)CNc1nc(-c2ccco2)cs1. The van der Waals surface area contributed by atoms with Crippen molar-refractivity contribution in [2.24, 2.45) is 5.92 Å². The fraction of sp³-hybridized carbons (Fsp3) is 0.364. The Morgan fingerprint density at radius 2 is 2.40 bits per heavy atom. The summed E-state index contributed by atoms with van der Waals surface area (Å²) in [4.78, 5) is 4.44. The first-order chi connectivity index (χ1) is 7.25. The van der Waals surface area contributed by atoms with Crippen molar-refractivity contribution in [3.8, 4) is 11.5 Å². The zero-order chi connectivity index (χ0) is 10.7. The Balaban J connectivity index is 2.04. The van der Waals surface area contributed by atoms with Crippen molar-refractivity contribution in [1.29, 1.82) is 0 Å². The molecule has 2 rings (SSSR count). The van der Waals surface area contributed by atoms with Gasteiger partial charge in [-0.1, -0.05) is 13.8 Å². The van der Waals surface area contributed by atoms with Crippen molar-refractivity contribution in [2.75, 3.05) is 11.9 Å². The van der Waals surface area contributed by atoms with E-state index in [-0.39, 0.29) is 0 Å². The van der Waals surface area contributed by atoms with Crippen LogP contribution in [0.4, 0.5) is 5.13 Å². The molecular formula is C11H14N2OS. The van der Waals surface area contributed by atoms with Crippen molar-refractivity contribution in [3.05, 3.63) is 23.8 Å². The van der Waals surface area contributed by atoms with Gasteiger partial charge >= 0.3 is 0 Å². The number of aromatic nitrogens is 1. The van der Waals surface area contributed by atoms with Crippen molar-refractivity contribution in [3.63, 3.8) is 0 Å². The minimum Gasteiger partial charge on any atom is -0.463 e. The average molecular weight is 222 g/mol. The molecule has 3 nitrogen and oxygen atoms in total. The van der Waals surface area contributed by atoms with Gasteiger partial charge in [0.25, 0.3) is 0 Å². The van der Waals surface area contributed by atoms with E-state index in [0.29, 0.717) is 5.92 Å². The Labute approximate surface area is 93.2 Å². The molecule has 0 unspecified atom stereocenters. The molecule has 2 aromatic rings. The molecule has 0 bridgehead atoms. The highest BCUT2D eigenvalue weighted by molar-refractivity contribution is 7.14. The molecule has 0 spiro atoms. The lowest BCUT2D eigenvalue weighted by atomic mass is 10.2. The van der Waals surface area contributed by atoms with Gasteiger partial charge in [0.05, 0.1) is 6.26 Å². The van der Waals surface area contributed by atoms with Crippen LogP contribution in [0.3, 0.4) is 0 Å². The zero-order valence-electron chi connectivity index (χ0n) is 8.86. The summed E-state index contributed by atoms with van der Waals surface area (Å²) in [6.07, 6.45) is 1.66. The molecule has 0 atom stereocenters. The minimum atomic E-state index is 0.626. The first-order valence-corrected chi connectivity index (χ1v) is 5.87. The van der Waals surface area contributed by atoms with Gasteiger partial charge in [-0.25, -0.2) is 4.98 Å². The second-order valence-corrected chi connectivity index (χ2v) is 4.65. The maximum Gasteiger partial charge on any atom is 0.183 e. The Morgan fingerprint density at radius 1 is 1.53 bits per heavy atom. The molecule has 80 valence electrons. The molecule has 0 aliphatic rings. The Bertz CT molecular complexity index is 406. The minimum absolute atomic E-state index is 0.626. The van der Waals surface area contributed by atoms with Crippen molar-refractivity contribution in [1.82, 2.24) is 4.98 Å². The summed E-state index contributed by atoms with van der Waals surface area (Å²) in [5.41, 5.74) is 0.899. The molecule has 0 saturated heterocycles. The van der Waals surface area contributed by atoms with Crippen LogP contribution < -0.4 is 5.32 Å². The van der Waals surface area contributed by atoms with Crippen LogP contribution in [0.25, 0.3) is 11.5 Å². The summed E-state index contributed by atoms with van der Waals surface area (Å²) < 4.78 is 5.27. The van der Waals surface area contributed by atoms with Gasteiger partial charge in [-0.05, 0) is 18.1 Å². The van der Waals surface area contributed by atoms with E-state index in [4.69, 9.17) is 4.42 Å². The third-order valence-corrected chi connectivity index (χ3v) is 2.74. The van der Waals surface area contributed by atoms with Gasteiger partial charge in [-0.2, -0.15) is 0 Å². The van der Waals surface area contributed by atoms with E-state index < -0.39 is 0 Å². The summed E-state index contributed by atoms with van der Waals surface area (Å²) in [7, 11) is 0. The smallest absolute Gasteiger partial charge is 0.183 e. The molecule has 2 aromatic heterocycles. The lowest BCUT2D eigenvalue weighted by molar-refractivity contribution is 0.580. The molecule has 0 radical (unpaired) electrons. The largest absolute Gasteiger partial charge is 0.463 e. The van der Waals surface area contributed by atoms with Gasteiger partial charge in [-0.3, -0.25) is 0 Å². The lowest BCUT2D eigenvalue weighted by Crippen LogP contribution is -2.07. The van der Waals surface area contributed by atoms with Crippen LogP contribution in [-0.4, -0.2) is 11.5 Å². The molecule has 0 aromatic carbocycles. The number of nitrogens with zero attached hydrogens (tertiary/aromatic N) is 1. The number of furan rings is 1. The van der Waals surface area contributed by atoms with Crippen LogP contribution in [0.1, 0.15) is 13.8 Å². The highest BCUT2D eigenvalue weighted by atomic mass is 32.1. The number of rotatable bonds is 4. The standard InChI is InChI=1S/C11H14N2OS/c1-8(2)6-12-11-13-9(7-15-11)10-4-3-5-14-10/h3-5,7-8H,6H2,1-2H3,(H,12,13). The highest BCUT2D eigenvalue weighted by Gasteiger charge is 2.06. The van der Waals surface area contributed by atoms with Crippen molar-refractivity contribution >= 4 is 16.5 Å². The third-order valence-electron chi connectivity index (χ3n) is 1.94. The number of hydrogen-bond acceptors (Lipinski definition) is 4. The molecule has 0 fully saturated rings. The van der Waals surface area contributed by atoms with E-state index >= 15 is 0 Å². The first kappa shape index (κ1) is 10.2. The molecule has 1 N–H and O–H groups in total. The molecule has 0 aliphatic carbocycles. The van der Waals surface area contributed by atoms with Crippen LogP contribution in [0, 0.1) is 5.92 Å². The topological polar surface area (TPSA) is 38.1 Å². The van der Waals surface area contributed by atoms with Gasteiger partial charge in [-0.15, -0.1) is 11.3 Å². The first-order valence-electron chi connectivity index (χ1n) is 4.99. The van der Waals surface area contributed by atoms with Crippen LogP contribution >= 0.6 is 11.3 Å². The second kappa shape index (κ2) is 4.49. The fourth-order valence-corrected chi connectivity index (χ4v) is 1.89. The van der Waals surface area contributed by atoms with Crippen molar-refractivity contribution in [2.45, 2.75) is 13.8 Å².